The summed E-state index contributed by atoms with van der Waals surface area (Å²) >= 11 is 10.6. The third-order valence-electron chi connectivity index (χ3n) is 1.29. The molecule has 0 aliphatic carbocycles. The van der Waals surface area contributed by atoms with E-state index in [1.807, 2.05) is 0 Å². The molecule has 1 aromatic rings. The van der Waals surface area contributed by atoms with E-state index in [1.165, 1.54) is 0 Å². The molecule has 1 aromatic heterocycles. The average molecular weight is 231 g/mol. The third kappa shape index (κ3) is 1.97. The lowest BCUT2D eigenvalue weighted by atomic mass is 10.2. The van der Waals surface area contributed by atoms with Crippen LogP contribution in [0.5, 0.6) is 0 Å². The Morgan fingerprint density at radius 1 is 1.31 bits per heavy atom. The number of nitrogens with two attached hydrogens (primary N) is 1. The van der Waals surface area contributed by atoms with Crippen molar-refractivity contribution in [1.29, 1.82) is 0 Å². The topological polar surface area (TPSA) is 38.9 Å². The largest absolute Gasteiger partial charge is 0.419 e. The summed E-state index contributed by atoms with van der Waals surface area (Å²) in [5.41, 5.74) is 3.37. The number of nitrogens with zero attached hydrogens (tertiary/aromatic N) is 1. The molecule has 13 heavy (non-hydrogen) atoms. The highest BCUT2D eigenvalue weighted by molar-refractivity contribution is 6.42. The molecule has 0 aliphatic heterocycles. The maximum absolute atomic E-state index is 12.2. The van der Waals surface area contributed by atoms with Gasteiger partial charge < -0.3 is 5.73 Å². The summed E-state index contributed by atoms with van der Waals surface area (Å²) in [5, 5.41) is -1.09. The standard InChI is InChI=1S/C6H3Cl2F3N2/c7-4-3(6(9,10)11)2(12)1-13-5(4)8/h1H,12H2. The lowest BCUT2D eigenvalue weighted by molar-refractivity contribution is -0.136. The fourth-order valence-corrected chi connectivity index (χ4v) is 1.17. The zero-order valence-corrected chi connectivity index (χ0v) is 7.50. The first-order chi connectivity index (χ1) is 5.84. The predicted octanol–water partition coefficient (Wildman–Crippen LogP) is 2.99. The summed E-state index contributed by atoms with van der Waals surface area (Å²) in [6, 6.07) is 0. The second-order valence-corrected chi connectivity index (χ2v) is 2.93. The monoisotopic (exact) mass is 230 g/mol. The molecular weight excluding hydrogens is 228 g/mol. The van der Waals surface area contributed by atoms with E-state index in [2.05, 4.69) is 4.98 Å². The zero-order valence-electron chi connectivity index (χ0n) is 5.99. The smallest absolute Gasteiger partial charge is 0.397 e. The van der Waals surface area contributed by atoms with Crippen molar-refractivity contribution >= 4 is 28.9 Å². The van der Waals surface area contributed by atoms with Crippen molar-refractivity contribution < 1.29 is 13.2 Å². The number of pyridine rings is 1. The third-order valence-corrected chi connectivity index (χ3v) is 2.04. The van der Waals surface area contributed by atoms with Gasteiger partial charge in [-0.3, -0.25) is 0 Å². The Morgan fingerprint density at radius 2 is 1.85 bits per heavy atom. The minimum atomic E-state index is -4.62. The molecule has 2 N–H and O–H groups in total. The fraction of sp³-hybridized carbons (Fsp3) is 0.167. The number of alkyl halides is 3. The SMILES string of the molecule is Nc1cnc(Cl)c(Cl)c1C(F)(F)F. The highest BCUT2D eigenvalue weighted by atomic mass is 35.5. The summed E-state index contributed by atoms with van der Waals surface area (Å²) < 4.78 is 36.7. The van der Waals surface area contributed by atoms with E-state index in [-0.39, 0.29) is 0 Å². The van der Waals surface area contributed by atoms with Gasteiger partial charge in [0.1, 0.15) is 10.7 Å². The Hall–Kier alpha value is -0.680. The first-order valence-electron chi connectivity index (χ1n) is 3.00. The van der Waals surface area contributed by atoms with Crippen molar-refractivity contribution in [3.63, 3.8) is 0 Å². The van der Waals surface area contributed by atoms with Crippen LogP contribution in [-0.2, 0) is 6.18 Å². The van der Waals surface area contributed by atoms with Gasteiger partial charge in [-0.25, -0.2) is 4.98 Å². The van der Waals surface area contributed by atoms with E-state index < -0.39 is 27.6 Å². The van der Waals surface area contributed by atoms with Crippen LogP contribution in [0.15, 0.2) is 6.20 Å². The first kappa shape index (κ1) is 10.4. The molecule has 0 aromatic carbocycles. The van der Waals surface area contributed by atoms with Crippen molar-refractivity contribution in [2.45, 2.75) is 6.18 Å². The number of hydrogen-bond acceptors (Lipinski definition) is 2. The van der Waals surface area contributed by atoms with Crippen molar-refractivity contribution in [2.75, 3.05) is 5.73 Å². The highest BCUT2D eigenvalue weighted by Gasteiger charge is 2.36. The number of hydrogen-bond donors (Lipinski definition) is 1. The summed E-state index contributed by atoms with van der Waals surface area (Å²) in [4.78, 5) is 3.36. The van der Waals surface area contributed by atoms with Crippen LogP contribution in [0.3, 0.4) is 0 Å². The second-order valence-electron chi connectivity index (χ2n) is 2.19. The molecule has 1 heterocycles. The summed E-state index contributed by atoms with van der Waals surface area (Å²) in [7, 11) is 0. The molecule has 0 aliphatic rings. The van der Waals surface area contributed by atoms with Gasteiger partial charge in [-0.2, -0.15) is 13.2 Å². The fourth-order valence-electron chi connectivity index (χ4n) is 0.765. The van der Waals surface area contributed by atoms with Crippen LogP contribution < -0.4 is 5.73 Å². The van der Waals surface area contributed by atoms with Crippen LogP contribution in [0.1, 0.15) is 5.56 Å². The van der Waals surface area contributed by atoms with Gasteiger partial charge in [-0.15, -0.1) is 0 Å². The molecular formula is C6H3Cl2F3N2. The molecule has 72 valence electrons. The van der Waals surface area contributed by atoms with E-state index in [4.69, 9.17) is 28.9 Å². The number of anilines is 1. The van der Waals surface area contributed by atoms with Gasteiger partial charge in [0.2, 0.25) is 0 Å². The van der Waals surface area contributed by atoms with Gasteiger partial charge >= 0.3 is 6.18 Å². The molecule has 0 atom stereocenters. The van der Waals surface area contributed by atoms with Crippen molar-refractivity contribution in [3.8, 4) is 0 Å². The minimum absolute atomic E-state index is 0.414. The van der Waals surface area contributed by atoms with Gasteiger partial charge in [0, 0.05) is 0 Å². The molecule has 0 radical (unpaired) electrons. The molecule has 0 fully saturated rings. The van der Waals surface area contributed by atoms with Gasteiger partial charge in [-0.1, -0.05) is 23.2 Å². The summed E-state index contributed by atoms with van der Waals surface area (Å²) in [6.07, 6.45) is -3.80. The minimum Gasteiger partial charge on any atom is -0.397 e. The predicted molar refractivity (Wildman–Crippen MR) is 43.7 cm³/mol. The van der Waals surface area contributed by atoms with Crippen LogP contribution in [0, 0.1) is 0 Å². The van der Waals surface area contributed by atoms with Crippen molar-refractivity contribution in [3.05, 3.63) is 21.9 Å². The molecule has 1 rings (SSSR count). The molecule has 2 nitrogen and oxygen atoms in total. The van der Waals surface area contributed by atoms with Gasteiger partial charge in [0.25, 0.3) is 0 Å². The van der Waals surface area contributed by atoms with E-state index in [9.17, 15) is 13.2 Å². The number of aromatic nitrogens is 1. The summed E-state index contributed by atoms with van der Waals surface area (Å²) in [6.45, 7) is 0. The van der Waals surface area contributed by atoms with E-state index in [1.54, 1.807) is 0 Å². The van der Waals surface area contributed by atoms with Gasteiger partial charge in [0.15, 0.2) is 0 Å². The normalized spacial score (nSPS) is 11.8. The summed E-state index contributed by atoms with van der Waals surface area (Å²) in [5.74, 6) is 0. The molecule has 0 saturated heterocycles. The van der Waals surface area contributed by atoms with Gasteiger partial charge in [0.05, 0.1) is 16.9 Å². The molecule has 0 saturated carbocycles. The van der Waals surface area contributed by atoms with Gasteiger partial charge in [-0.05, 0) is 0 Å². The first-order valence-corrected chi connectivity index (χ1v) is 3.76. The van der Waals surface area contributed by atoms with E-state index in [0.29, 0.717) is 0 Å². The Bertz CT molecular complexity index is 337. The molecule has 0 amide bonds. The van der Waals surface area contributed by atoms with Crippen LogP contribution >= 0.6 is 23.2 Å². The number of rotatable bonds is 0. The Balaban J connectivity index is 3.43. The molecule has 0 unspecified atom stereocenters. The lowest BCUT2D eigenvalue weighted by Gasteiger charge is -2.11. The lowest BCUT2D eigenvalue weighted by Crippen LogP contribution is -2.10. The van der Waals surface area contributed by atoms with E-state index in [0.717, 1.165) is 6.20 Å². The van der Waals surface area contributed by atoms with Crippen molar-refractivity contribution in [1.82, 2.24) is 4.98 Å². The molecule has 0 spiro atoms. The van der Waals surface area contributed by atoms with Crippen LogP contribution in [0.2, 0.25) is 10.2 Å². The van der Waals surface area contributed by atoms with Crippen molar-refractivity contribution in [2.24, 2.45) is 0 Å². The molecule has 7 heteroatoms. The average Bonchev–Trinajstić information content (AvgIpc) is 1.95. The number of nitrogen functional groups attached to an aromatic ring is 1. The Kier molecular flexibility index (Phi) is 2.58. The Labute approximate surface area is 81.5 Å². The number of halogens is 5. The van der Waals surface area contributed by atoms with Crippen LogP contribution in [0.4, 0.5) is 18.9 Å². The Morgan fingerprint density at radius 3 is 2.23 bits per heavy atom. The highest BCUT2D eigenvalue weighted by Crippen LogP contribution is 2.40. The zero-order chi connectivity index (χ0) is 10.2. The maximum Gasteiger partial charge on any atom is 0.419 e. The van der Waals surface area contributed by atoms with E-state index >= 15 is 0 Å². The second kappa shape index (κ2) is 3.23. The maximum atomic E-state index is 12.2. The van der Waals surface area contributed by atoms with Crippen LogP contribution in [-0.4, -0.2) is 4.98 Å². The molecule has 0 bridgehead atoms. The van der Waals surface area contributed by atoms with Crippen LogP contribution in [0.25, 0.3) is 0 Å². The quantitative estimate of drug-likeness (QED) is 0.697.